The van der Waals surface area contributed by atoms with E-state index >= 15 is 0 Å². The van der Waals surface area contributed by atoms with E-state index in [4.69, 9.17) is 0 Å². The van der Waals surface area contributed by atoms with E-state index in [2.05, 4.69) is 43.5 Å². The molecule has 0 aromatic rings. The molecule has 0 bridgehead atoms. The van der Waals surface area contributed by atoms with Crippen LogP contribution < -0.4 is 5.32 Å². The predicted molar refractivity (Wildman–Crippen MR) is 291 cm³/mol. The Morgan fingerprint density at radius 2 is 0.652 bits per heavy atom. The van der Waals surface area contributed by atoms with E-state index in [9.17, 15) is 20.1 Å². The van der Waals surface area contributed by atoms with E-state index < -0.39 is 18.2 Å². The SMILES string of the molecule is CCCCCCCCCC/C=C/CC/C=C/C(O)C(CO)NC(=O)CC(O)CCCCCCCCCCCCCCCCC/C=C\CCCCCCCCCCCCCCCCCCCC. The van der Waals surface area contributed by atoms with E-state index in [0.29, 0.717) is 6.42 Å². The monoisotopic (exact) mass is 928 g/mol. The van der Waals surface area contributed by atoms with E-state index in [1.807, 2.05) is 6.08 Å². The van der Waals surface area contributed by atoms with Gasteiger partial charge in [-0.05, 0) is 57.8 Å². The zero-order valence-electron chi connectivity index (χ0n) is 44.6. The second-order valence-electron chi connectivity index (χ2n) is 20.6. The fourth-order valence-electron chi connectivity index (χ4n) is 9.35. The molecule has 0 aromatic heterocycles. The number of carbonyl (C=O) groups excluding carboxylic acids is 1. The molecular weight excluding hydrogens is 811 g/mol. The average molecular weight is 929 g/mol. The highest BCUT2D eigenvalue weighted by atomic mass is 16.3. The number of unbranched alkanes of at least 4 members (excludes halogenated alkanes) is 42. The summed E-state index contributed by atoms with van der Waals surface area (Å²) in [6.45, 7) is 4.22. The van der Waals surface area contributed by atoms with Crippen LogP contribution in [0.1, 0.15) is 322 Å². The van der Waals surface area contributed by atoms with Crippen molar-refractivity contribution < 1.29 is 20.1 Å². The first kappa shape index (κ1) is 64.6. The van der Waals surface area contributed by atoms with Gasteiger partial charge >= 0.3 is 0 Å². The average Bonchev–Trinajstić information content (AvgIpc) is 3.31. The smallest absolute Gasteiger partial charge is 0.222 e. The Labute approximate surface area is 413 Å². The second-order valence-corrected chi connectivity index (χ2v) is 20.6. The van der Waals surface area contributed by atoms with Crippen LogP contribution in [-0.4, -0.2) is 46.1 Å². The number of aliphatic hydroxyl groups excluding tert-OH is 3. The van der Waals surface area contributed by atoms with Crippen LogP contribution in [0, 0.1) is 0 Å². The molecule has 0 aliphatic heterocycles. The summed E-state index contributed by atoms with van der Waals surface area (Å²) in [5, 5.41) is 33.3. The first-order valence-electron chi connectivity index (χ1n) is 29.8. The lowest BCUT2D eigenvalue weighted by Gasteiger charge is -2.21. The van der Waals surface area contributed by atoms with Crippen LogP contribution in [0.3, 0.4) is 0 Å². The van der Waals surface area contributed by atoms with Crippen LogP contribution >= 0.6 is 0 Å². The maximum atomic E-state index is 12.5. The van der Waals surface area contributed by atoms with Crippen molar-refractivity contribution >= 4 is 5.91 Å². The minimum Gasteiger partial charge on any atom is -0.394 e. The van der Waals surface area contributed by atoms with Crippen molar-refractivity contribution in [1.29, 1.82) is 0 Å². The molecule has 4 N–H and O–H groups in total. The van der Waals surface area contributed by atoms with Crippen molar-refractivity contribution in [2.24, 2.45) is 0 Å². The van der Waals surface area contributed by atoms with Gasteiger partial charge in [0.25, 0.3) is 0 Å². The van der Waals surface area contributed by atoms with Crippen LogP contribution in [0.15, 0.2) is 36.5 Å². The number of nitrogens with one attached hydrogen (secondary N) is 1. The van der Waals surface area contributed by atoms with Gasteiger partial charge in [-0.15, -0.1) is 0 Å². The van der Waals surface area contributed by atoms with Crippen LogP contribution in [0.4, 0.5) is 0 Å². The molecule has 0 radical (unpaired) electrons. The zero-order chi connectivity index (χ0) is 47.9. The largest absolute Gasteiger partial charge is 0.394 e. The molecule has 0 spiro atoms. The normalized spacial score (nSPS) is 13.5. The maximum Gasteiger partial charge on any atom is 0.222 e. The van der Waals surface area contributed by atoms with Gasteiger partial charge in [-0.25, -0.2) is 0 Å². The Morgan fingerprint density at radius 1 is 0.379 bits per heavy atom. The third kappa shape index (κ3) is 52.0. The molecule has 0 aliphatic rings. The van der Waals surface area contributed by atoms with Gasteiger partial charge in [-0.1, -0.05) is 294 Å². The number of rotatable bonds is 55. The minimum atomic E-state index is -0.951. The summed E-state index contributed by atoms with van der Waals surface area (Å²) in [4.78, 5) is 12.5. The lowest BCUT2D eigenvalue weighted by atomic mass is 10.0. The first-order valence-corrected chi connectivity index (χ1v) is 29.8. The molecule has 1 amide bonds. The highest BCUT2D eigenvalue weighted by Gasteiger charge is 2.20. The van der Waals surface area contributed by atoms with Gasteiger partial charge in [0, 0.05) is 0 Å². The third-order valence-corrected chi connectivity index (χ3v) is 13.9. The van der Waals surface area contributed by atoms with Crippen LogP contribution in [-0.2, 0) is 4.79 Å². The summed E-state index contributed by atoms with van der Waals surface area (Å²) in [5.41, 5.74) is 0. The molecule has 0 aliphatic carbocycles. The van der Waals surface area contributed by atoms with Gasteiger partial charge in [-0.2, -0.15) is 0 Å². The van der Waals surface area contributed by atoms with Crippen LogP contribution in [0.5, 0.6) is 0 Å². The molecule has 5 heteroatoms. The number of aliphatic hydroxyl groups is 3. The Balaban J connectivity index is 3.47. The lowest BCUT2D eigenvalue weighted by molar-refractivity contribution is -0.124. The van der Waals surface area contributed by atoms with Gasteiger partial charge < -0.3 is 20.6 Å². The van der Waals surface area contributed by atoms with Crippen molar-refractivity contribution in [3.63, 3.8) is 0 Å². The fraction of sp³-hybridized carbons (Fsp3) is 0.885. The molecule has 390 valence electrons. The molecule has 5 nitrogen and oxygen atoms in total. The van der Waals surface area contributed by atoms with Gasteiger partial charge in [0.1, 0.15) is 0 Å². The molecule has 66 heavy (non-hydrogen) atoms. The van der Waals surface area contributed by atoms with Crippen LogP contribution in [0.2, 0.25) is 0 Å². The summed E-state index contributed by atoms with van der Waals surface area (Å²) in [7, 11) is 0. The Bertz CT molecular complexity index is 1020. The predicted octanol–water partition coefficient (Wildman–Crippen LogP) is 18.6. The molecular formula is C61H117NO4. The topological polar surface area (TPSA) is 89.8 Å². The van der Waals surface area contributed by atoms with E-state index in [1.165, 1.54) is 263 Å². The van der Waals surface area contributed by atoms with Crippen molar-refractivity contribution in [2.75, 3.05) is 6.61 Å². The summed E-state index contributed by atoms with van der Waals surface area (Å²) in [6, 6.07) is -0.760. The molecule has 0 fully saturated rings. The van der Waals surface area contributed by atoms with E-state index in [-0.39, 0.29) is 18.9 Å². The van der Waals surface area contributed by atoms with E-state index in [0.717, 1.165) is 32.1 Å². The highest BCUT2D eigenvalue weighted by molar-refractivity contribution is 5.76. The van der Waals surface area contributed by atoms with Crippen LogP contribution in [0.25, 0.3) is 0 Å². The molecule has 3 unspecified atom stereocenters. The lowest BCUT2D eigenvalue weighted by Crippen LogP contribution is -2.45. The molecule has 0 saturated carbocycles. The molecule has 3 atom stereocenters. The maximum absolute atomic E-state index is 12.5. The number of hydrogen-bond acceptors (Lipinski definition) is 4. The summed E-state index contributed by atoms with van der Waals surface area (Å²) >= 11 is 0. The van der Waals surface area contributed by atoms with Gasteiger partial charge in [0.15, 0.2) is 0 Å². The van der Waals surface area contributed by atoms with Crippen molar-refractivity contribution in [2.45, 2.75) is 340 Å². The molecule has 0 rings (SSSR count). The summed E-state index contributed by atoms with van der Waals surface area (Å²) in [5.74, 6) is -0.322. The number of allylic oxidation sites excluding steroid dienone is 5. The standard InChI is InChI=1S/C61H117NO4/c1-3-5-7-9-11-13-15-17-19-20-21-22-23-24-25-26-27-28-29-30-31-32-33-34-35-36-37-38-39-40-41-42-44-46-48-50-52-54-58(64)56-61(66)62-59(57-63)60(65)55-53-51-49-47-45-43-18-16-14-12-10-8-6-4-2/h30-31,45,47,53,55,58-60,63-65H,3-29,32-44,46,48-52,54,56-57H2,1-2H3,(H,62,66)/b31-30-,47-45+,55-53+. The second kappa shape index (κ2) is 56.2. The molecule has 0 aromatic carbocycles. The highest BCUT2D eigenvalue weighted by Crippen LogP contribution is 2.18. The Kier molecular flexibility index (Phi) is 54.9. The Hall–Kier alpha value is -1.43. The quantitative estimate of drug-likeness (QED) is 0.0361. The van der Waals surface area contributed by atoms with Gasteiger partial charge in [-0.3, -0.25) is 4.79 Å². The number of amides is 1. The third-order valence-electron chi connectivity index (χ3n) is 13.9. The summed E-state index contributed by atoms with van der Waals surface area (Å²) < 4.78 is 0. The van der Waals surface area contributed by atoms with Gasteiger partial charge in [0.2, 0.25) is 5.91 Å². The summed E-state index contributed by atoms with van der Waals surface area (Å²) in [6.07, 6.45) is 73.7. The first-order chi connectivity index (χ1) is 32.5. The zero-order valence-corrected chi connectivity index (χ0v) is 44.6. The Morgan fingerprint density at radius 3 is 0.970 bits per heavy atom. The van der Waals surface area contributed by atoms with Crippen molar-refractivity contribution in [3.05, 3.63) is 36.5 Å². The molecule has 0 heterocycles. The number of hydrogen-bond donors (Lipinski definition) is 4. The fourth-order valence-corrected chi connectivity index (χ4v) is 9.35. The van der Waals surface area contributed by atoms with Gasteiger partial charge in [0.05, 0.1) is 31.3 Å². The van der Waals surface area contributed by atoms with E-state index in [1.54, 1.807) is 6.08 Å². The minimum absolute atomic E-state index is 0.00782. The number of carbonyl (C=O) groups is 1. The molecule has 0 saturated heterocycles. The van der Waals surface area contributed by atoms with Crippen molar-refractivity contribution in [1.82, 2.24) is 5.32 Å². The van der Waals surface area contributed by atoms with Crippen molar-refractivity contribution in [3.8, 4) is 0 Å².